The van der Waals surface area contributed by atoms with E-state index in [4.69, 9.17) is 5.11 Å². The number of rotatable bonds is 9. The fourth-order valence-electron chi connectivity index (χ4n) is 2.15. The van der Waals surface area contributed by atoms with Crippen LogP contribution >= 0.6 is 0 Å². The highest BCUT2D eigenvalue weighted by Crippen LogP contribution is 2.08. The van der Waals surface area contributed by atoms with Crippen molar-refractivity contribution in [3.05, 3.63) is 35.9 Å². The maximum atomic E-state index is 12.3. The summed E-state index contributed by atoms with van der Waals surface area (Å²) in [5.74, 6) is -2.63. The molecule has 128 valence electrons. The monoisotopic (exact) mass is 342 g/mol. The molecule has 7 nitrogen and oxygen atoms in total. The Kier molecular flexibility index (Phi) is 7.18. The lowest BCUT2D eigenvalue weighted by Crippen LogP contribution is -2.43. The van der Waals surface area contributed by atoms with E-state index in [1.807, 2.05) is 0 Å². The van der Waals surface area contributed by atoms with Gasteiger partial charge in [-0.25, -0.2) is 12.7 Å². The summed E-state index contributed by atoms with van der Waals surface area (Å²) in [5, 5.41) is 8.96. The number of sulfonamides is 1. The van der Waals surface area contributed by atoms with Crippen LogP contribution in [0, 0.1) is 0 Å². The number of aliphatic carboxylic acids is 1. The summed E-state index contributed by atoms with van der Waals surface area (Å²) in [6.07, 6.45) is 0. The van der Waals surface area contributed by atoms with Crippen LogP contribution in [0.15, 0.2) is 30.3 Å². The summed E-state index contributed by atoms with van der Waals surface area (Å²) in [6.45, 7) is 3.42. The SMILES string of the molecule is CCN(CC)S(=O)(=O)CC(=O)N(CC(=O)O)Cc1ccccc1. The Morgan fingerprint density at radius 2 is 1.65 bits per heavy atom. The number of carboxylic acids is 1. The summed E-state index contributed by atoms with van der Waals surface area (Å²) in [5.41, 5.74) is 0.738. The second-order valence-electron chi connectivity index (χ2n) is 4.97. The molecule has 0 radical (unpaired) electrons. The first-order valence-electron chi connectivity index (χ1n) is 7.31. The average Bonchev–Trinajstić information content (AvgIpc) is 2.47. The zero-order valence-corrected chi connectivity index (χ0v) is 14.1. The molecular formula is C15H22N2O5S. The third kappa shape index (κ3) is 5.99. The molecule has 0 atom stereocenters. The molecule has 0 fully saturated rings. The smallest absolute Gasteiger partial charge is 0.323 e. The van der Waals surface area contributed by atoms with Gasteiger partial charge in [-0.05, 0) is 5.56 Å². The highest BCUT2D eigenvalue weighted by molar-refractivity contribution is 7.89. The van der Waals surface area contributed by atoms with Crippen LogP contribution in [0.25, 0.3) is 0 Å². The Morgan fingerprint density at radius 3 is 2.13 bits per heavy atom. The van der Waals surface area contributed by atoms with Crippen LogP contribution in [-0.2, 0) is 26.2 Å². The second kappa shape index (κ2) is 8.64. The van der Waals surface area contributed by atoms with Crippen molar-refractivity contribution in [1.29, 1.82) is 0 Å². The van der Waals surface area contributed by atoms with Crippen LogP contribution in [0.5, 0.6) is 0 Å². The van der Waals surface area contributed by atoms with Crippen molar-refractivity contribution < 1.29 is 23.1 Å². The van der Waals surface area contributed by atoms with Gasteiger partial charge in [0.05, 0.1) is 0 Å². The van der Waals surface area contributed by atoms with Gasteiger partial charge in [-0.2, -0.15) is 0 Å². The van der Waals surface area contributed by atoms with E-state index < -0.39 is 34.2 Å². The molecule has 1 N–H and O–H groups in total. The molecule has 0 unspecified atom stereocenters. The van der Waals surface area contributed by atoms with E-state index in [9.17, 15) is 18.0 Å². The van der Waals surface area contributed by atoms with Crippen molar-refractivity contribution in [2.45, 2.75) is 20.4 Å². The quantitative estimate of drug-likeness (QED) is 0.715. The van der Waals surface area contributed by atoms with Crippen LogP contribution in [0.3, 0.4) is 0 Å². The normalized spacial score (nSPS) is 11.4. The minimum atomic E-state index is -3.75. The number of amides is 1. The lowest BCUT2D eigenvalue weighted by molar-refractivity contribution is -0.143. The third-order valence-corrected chi connectivity index (χ3v) is 5.21. The van der Waals surface area contributed by atoms with Crippen molar-refractivity contribution in [3.8, 4) is 0 Å². The van der Waals surface area contributed by atoms with Crippen molar-refractivity contribution in [2.75, 3.05) is 25.4 Å². The lowest BCUT2D eigenvalue weighted by Gasteiger charge is -2.23. The zero-order chi connectivity index (χ0) is 17.5. The van der Waals surface area contributed by atoms with Gasteiger partial charge in [0.2, 0.25) is 15.9 Å². The van der Waals surface area contributed by atoms with E-state index in [-0.39, 0.29) is 19.6 Å². The van der Waals surface area contributed by atoms with E-state index in [1.54, 1.807) is 44.2 Å². The van der Waals surface area contributed by atoms with Crippen molar-refractivity contribution >= 4 is 21.9 Å². The maximum absolute atomic E-state index is 12.3. The molecule has 8 heteroatoms. The van der Waals surface area contributed by atoms with Gasteiger partial charge in [0.15, 0.2) is 0 Å². The van der Waals surface area contributed by atoms with Gasteiger partial charge in [-0.15, -0.1) is 0 Å². The van der Waals surface area contributed by atoms with Gasteiger partial charge >= 0.3 is 5.97 Å². The van der Waals surface area contributed by atoms with E-state index in [0.29, 0.717) is 0 Å². The Morgan fingerprint density at radius 1 is 1.09 bits per heavy atom. The van der Waals surface area contributed by atoms with E-state index in [1.165, 1.54) is 4.31 Å². The average molecular weight is 342 g/mol. The minimum absolute atomic E-state index is 0.0553. The highest BCUT2D eigenvalue weighted by Gasteiger charge is 2.27. The fraction of sp³-hybridized carbons (Fsp3) is 0.467. The standard InChI is InChI=1S/C15H22N2O5S/c1-3-17(4-2)23(21,22)12-14(18)16(11-15(19)20)10-13-8-6-5-7-9-13/h5-9H,3-4,10-12H2,1-2H3,(H,19,20). The highest BCUT2D eigenvalue weighted by atomic mass is 32.2. The molecule has 0 aliphatic rings. The fourth-order valence-corrected chi connectivity index (χ4v) is 3.62. The topological polar surface area (TPSA) is 95.0 Å². The van der Waals surface area contributed by atoms with Crippen molar-refractivity contribution in [1.82, 2.24) is 9.21 Å². The van der Waals surface area contributed by atoms with Crippen LogP contribution < -0.4 is 0 Å². The van der Waals surface area contributed by atoms with E-state index in [0.717, 1.165) is 10.5 Å². The van der Waals surface area contributed by atoms with Crippen LogP contribution in [-0.4, -0.2) is 60.0 Å². The van der Waals surface area contributed by atoms with Gasteiger partial charge in [0.1, 0.15) is 12.3 Å². The summed E-state index contributed by atoms with van der Waals surface area (Å²) >= 11 is 0. The van der Waals surface area contributed by atoms with Gasteiger partial charge in [0.25, 0.3) is 0 Å². The Bertz CT molecular complexity index is 627. The van der Waals surface area contributed by atoms with Gasteiger partial charge < -0.3 is 10.0 Å². The number of carbonyl (C=O) groups is 2. The molecule has 0 heterocycles. The molecule has 0 aliphatic heterocycles. The molecular weight excluding hydrogens is 320 g/mol. The first-order chi connectivity index (χ1) is 10.8. The first kappa shape index (κ1) is 19.1. The van der Waals surface area contributed by atoms with E-state index in [2.05, 4.69) is 0 Å². The summed E-state index contributed by atoms with van der Waals surface area (Å²) < 4.78 is 25.5. The Hall–Kier alpha value is -1.93. The van der Waals surface area contributed by atoms with Gasteiger partial charge in [-0.3, -0.25) is 9.59 Å². The lowest BCUT2D eigenvalue weighted by atomic mass is 10.2. The zero-order valence-electron chi connectivity index (χ0n) is 13.3. The number of carbonyl (C=O) groups excluding carboxylic acids is 1. The molecule has 0 aliphatic carbocycles. The predicted octanol–water partition coefficient (Wildman–Crippen LogP) is 0.771. The maximum Gasteiger partial charge on any atom is 0.323 e. The number of benzene rings is 1. The van der Waals surface area contributed by atoms with E-state index >= 15 is 0 Å². The van der Waals surface area contributed by atoms with Gasteiger partial charge in [-0.1, -0.05) is 44.2 Å². The molecule has 23 heavy (non-hydrogen) atoms. The molecule has 1 aromatic carbocycles. The largest absolute Gasteiger partial charge is 0.480 e. The van der Waals surface area contributed by atoms with Crippen molar-refractivity contribution in [3.63, 3.8) is 0 Å². The predicted molar refractivity (Wildman–Crippen MR) is 86.2 cm³/mol. The number of carboxylic acid groups (broad SMARTS) is 1. The molecule has 1 rings (SSSR count). The molecule has 0 spiro atoms. The summed E-state index contributed by atoms with van der Waals surface area (Å²) in [7, 11) is -3.75. The molecule has 0 saturated carbocycles. The molecule has 0 saturated heterocycles. The molecule has 1 aromatic rings. The van der Waals surface area contributed by atoms with Crippen LogP contribution in [0.1, 0.15) is 19.4 Å². The first-order valence-corrected chi connectivity index (χ1v) is 8.92. The van der Waals surface area contributed by atoms with Crippen LogP contribution in [0.4, 0.5) is 0 Å². The van der Waals surface area contributed by atoms with Crippen LogP contribution in [0.2, 0.25) is 0 Å². The molecule has 0 aromatic heterocycles. The number of hydrogen-bond acceptors (Lipinski definition) is 4. The van der Waals surface area contributed by atoms with Crippen molar-refractivity contribution in [2.24, 2.45) is 0 Å². The third-order valence-electron chi connectivity index (χ3n) is 3.30. The molecule has 1 amide bonds. The summed E-state index contributed by atoms with van der Waals surface area (Å²) in [6, 6.07) is 8.84. The van der Waals surface area contributed by atoms with Gasteiger partial charge in [0, 0.05) is 19.6 Å². The second-order valence-corrected chi connectivity index (χ2v) is 6.94. The minimum Gasteiger partial charge on any atom is -0.480 e. The number of nitrogens with zero attached hydrogens (tertiary/aromatic N) is 2. The number of hydrogen-bond donors (Lipinski definition) is 1. The molecule has 0 bridgehead atoms. The summed E-state index contributed by atoms with van der Waals surface area (Å²) in [4.78, 5) is 24.3. The Labute approximate surface area is 136 Å². The Balaban J connectivity index is 2.90.